The third-order valence-electron chi connectivity index (χ3n) is 7.46. The van der Waals surface area contributed by atoms with Crippen LogP contribution >= 0.6 is 11.6 Å². The first kappa shape index (κ1) is 27.9. The van der Waals surface area contributed by atoms with Gasteiger partial charge in [-0.1, -0.05) is 57.5 Å². The van der Waals surface area contributed by atoms with Crippen LogP contribution in [0, 0.1) is 11.3 Å². The topological polar surface area (TPSA) is 85.2 Å². The summed E-state index contributed by atoms with van der Waals surface area (Å²) in [5, 5.41) is 23.0. The average Bonchev–Trinajstić information content (AvgIpc) is 3.17. The summed E-state index contributed by atoms with van der Waals surface area (Å²) in [4.78, 5) is 12.3. The highest BCUT2D eigenvalue weighted by Crippen LogP contribution is 2.50. The predicted molar refractivity (Wildman–Crippen MR) is 143 cm³/mol. The van der Waals surface area contributed by atoms with Gasteiger partial charge in [0.2, 0.25) is 0 Å². The van der Waals surface area contributed by atoms with E-state index in [0.29, 0.717) is 30.9 Å². The Morgan fingerprint density at radius 1 is 1.19 bits per heavy atom. The molecule has 2 aliphatic rings. The molecule has 202 valence electrons. The first-order valence-electron chi connectivity index (χ1n) is 13.2. The third kappa shape index (κ3) is 5.98. The first-order valence-corrected chi connectivity index (χ1v) is 13.5. The number of hydrogen-bond donors (Lipinski definition) is 2. The lowest BCUT2D eigenvalue weighted by Gasteiger charge is -2.48. The number of carbonyl (C=O) groups excluding carboxylic acids is 1. The van der Waals surface area contributed by atoms with E-state index in [1.165, 1.54) is 0 Å². The van der Waals surface area contributed by atoms with Crippen molar-refractivity contribution >= 4 is 17.6 Å². The monoisotopic (exact) mass is 530 g/mol. The van der Waals surface area contributed by atoms with Gasteiger partial charge in [0, 0.05) is 10.9 Å². The van der Waals surface area contributed by atoms with E-state index < -0.39 is 29.8 Å². The number of rotatable bonds is 7. The second kappa shape index (κ2) is 10.9. The molecule has 1 saturated heterocycles. The quantitative estimate of drug-likeness (QED) is 0.478. The molecular weight excluding hydrogens is 492 g/mol. The number of esters is 1. The number of hydrogen-bond acceptors (Lipinski definition) is 6. The van der Waals surface area contributed by atoms with E-state index in [4.69, 9.17) is 25.8 Å². The Bertz CT molecular complexity index is 1110. The molecule has 2 aromatic carbocycles. The number of aliphatic hydroxyl groups excluding tert-OH is 2. The number of fused-ring (bicyclic) bond motifs is 2. The number of aryl methyl sites for hydroxylation is 1. The van der Waals surface area contributed by atoms with E-state index in [-0.39, 0.29) is 24.4 Å². The van der Waals surface area contributed by atoms with Crippen LogP contribution in [0.15, 0.2) is 36.4 Å². The van der Waals surface area contributed by atoms with Gasteiger partial charge in [0.05, 0.1) is 25.2 Å². The third-order valence-corrected chi connectivity index (χ3v) is 7.82. The fraction of sp³-hybridized carbons (Fsp3) is 0.567. The first-order chi connectivity index (χ1) is 17.4. The summed E-state index contributed by atoms with van der Waals surface area (Å²) in [5.41, 5.74) is 2.77. The minimum atomic E-state index is -0.993. The summed E-state index contributed by atoms with van der Waals surface area (Å²) in [6, 6.07) is 12.0. The van der Waals surface area contributed by atoms with Crippen LogP contribution in [-0.2, 0) is 32.7 Å². The van der Waals surface area contributed by atoms with Gasteiger partial charge >= 0.3 is 5.97 Å². The maximum Gasteiger partial charge on any atom is 0.306 e. The van der Waals surface area contributed by atoms with Crippen LogP contribution in [-0.4, -0.2) is 47.7 Å². The normalized spacial score (nSPS) is 27.2. The highest BCUT2D eigenvalue weighted by atomic mass is 35.5. The molecule has 1 heterocycles. The zero-order chi connectivity index (χ0) is 27.0. The van der Waals surface area contributed by atoms with Gasteiger partial charge in [-0.25, -0.2) is 0 Å². The van der Waals surface area contributed by atoms with Crippen molar-refractivity contribution < 1.29 is 29.2 Å². The lowest BCUT2D eigenvalue weighted by molar-refractivity contribution is -0.262. The molecule has 0 unspecified atom stereocenters. The Kier molecular flexibility index (Phi) is 8.25. The molecule has 37 heavy (non-hydrogen) atoms. The molecule has 2 aromatic rings. The van der Waals surface area contributed by atoms with Crippen molar-refractivity contribution in [2.75, 3.05) is 13.2 Å². The molecule has 6 nitrogen and oxygen atoms in total. The van der Waals surface area contributed by atoms with Crippen molar-refractivity contribution in [3.8, 4) is 5.75 Å². The number of halogens is 1. The molecule has 4 rings (SSSR count). The summed E-state index contributed by atoms with van der Waals surface area (Å²) in [6.45, 7) is 10.2. The van der Waals surface area contributed by atoms with Crippen molar-refractivity contribution in [3.63, 3.8) is 0 Å². The maximum absolute atomic E-state index is 12.3. The highest BCUT2D eigenvalue weighted by Gasteiger charge is 2.56. The van der Waals surface area contributed by atoms with Gasteiger partial charge in [0.1, 0.15) is 24.1 Å². The lowest BCUT2D eigenvalue weighted by atomic mass is 9.76. The Morgan fingerprint density at radius 3 is 2.54 bits per heavy atom. The van der Waals surface area contributed by atoms with E-state index in [2.05, 4.69) is 0 Å². The van der Waals surface area contributed by atoms with Gasteiger partial charge in [-0.05, 0) is 72.1 Å². The average molecular weight is 531 g/mol. The van der Waals surface area contributed by atoms with Crippen LogP contribution in [0.2, 0.25) is 5.02 Å². The van der Waals surface area contributed by atoms with Gasteiger partial charge in [0.15, 0.2) is 0 Å². The van der Waals surface area contributed by atoms with Gasteiger partial charge in [-0.3, -0.25) is 4.79 Å². The molecule has 0 aromatic heterocycles. The minimum absolute atomic E-state index is 0.0587. The van der Waals surface area contributed by atoms with E-state index in [1.807, 2.05) is 71.0 Å². The van der Waals surface area contributed by atoms with Crippen LogP contribution in [0.1, 0.15) is 69.7 Å². The van der Waals surface area contributed by atoms with Crippen LogP contribution in [0.5, 0.6) is 5.75 Å². The van der Waals surface area contributed by atoms with Crippen molar-refractivity contribution in [3.05, 3.63) is 63.7 Å². The van der Waals surface area contributed by atoms with Crippen molar-refractivity contribution in [1.29, 1.82) is 0 Å². The zero-order valence-corrected chi connectivity index (χ0v) is 23.2. The molecule has 7 heteroatoms. The van der Waals surface area contributed by atoms with Crippen molar-refractivity contribution in [2.24, 2.45) is 11.3 Å². The molecule has 5 atom stereocenters. The molecule has 1 aliphatic carbocycles. The smallest absolute Gasteiger partial charge is 0.306 e. The van der Waals surface area contributed by atoms with Crippen LogP contribution in [0.25, 0.3) is 0 Å². The number of ether oxygens (including phenoxy) is 3. The standard InChI is InChI=1S/C30H39ClO6/c1-6-35-22-9-7-19(8-10-22)13-21-14-23-20(15-24(21)31)11-12-30(23)28(34)18(2)27(33)25(37-30)17-36-26(32)16-29(3,4)5/h7-10,14-15,18,25,27-28,33-34H,6,11-13,16-17H2,1-5H3/t18-,25+,27-,28+,30-/m0/s1. The Hall–Kier alpha value is -2.12. The molecule has 0 radical (unpaired) electrons. The predicted octanol–water partition coefficient (Wildman–Crippen LogP) is 5.21. The van der Waals surface area contributed by atoms with Crippen molar-refractivity contribution in [2.45, 2.75) is 84.2 Å². The largest absolute Gasteiger partial charge is 0.494 e. The number of benzene rings is 2. The van der Waals surface area contributed by atoms with E-state index >= 15 is 0 Å². The maximum atomic E-state index is 12.3. The van der Waals surface area contributed by atoms with Crippen molar-refractivity contribution in [1.82, 2.24) is 0 Å². The SMILES string of the molecule is CCOc1ccc(Cc2cc3c(cc2Cl)CC[C@]32O[C@H](COC(=O)CC(C)(C)C)[C@@H](O)[C@H](C)[C@H]2O)cc1. The number of aliphatic hydroxyl groups is 2. The summed E-state index contributed by atoms with van der Waals surface area (Å²) in [5.74, 6) is 0.0365. The van der Waals surface area contributed by atoms with Gasteiger partial charge in [0.25, 0.3) is 0 Å². The lowest BCUT2D eigenvalue weighted by Crippen LogP contribution is -2.59. The molecule has 0 bridgehead atoms. The number of carbonyl (C=O) groups is 1. The van der Waals surface area contributed by atoms with Crippen LogP contribution < -0.4 is 4.74 Å². The molecule has 2 N–H and O–H groups in total. The summed E-state index contributed by atoms with van der Waals surface area (Å²) in [6.07, 6.45) is -0.442. The van der Waals surface area contributed by atoms with E-state index in [9.17, 15) is 15.0 Å². The molecular formula is C30H39ClO6. The molecule has 0 amide bonds. The minimum Gasteiger partial charge on any atom is -0.494 e. The van der Waals surface area contributed by atoms with Crippen LogP contribution in [0.3, 0.4) is 0 Å². The molecule has 1 fully saturated rings. The van der Waals surface area contributed by atoms with Gasteiger partial charge in [-0.15, -0.1) is 0 Å². The highest BCUT2D eigenvalue weighted by molar-refractivity contribution is 6.31. The fourth-order valence-electron chi connectivity index (χ4n) is 5.52. The van der Waals surface area contributed by atoms with E-state index in [0.717, 1.165) is 28.0 Å². The summed E-state index contributed by atoms with van der Waals surface area (Å²) < 4.78 is 17.5. The van der Waals surface area contributed by atoms with Crippen LogP contribution in [0.4, 0.5) is 0 Å². The van der Waals surface area contributed by atoms with Gasteiger partial charge < -0.3 is 24.4 Å². The second-order valence-corrected chi connectivity index (χ2v) is 12.0. The molecule has 1 aliphatic heterocycles. The molecule has 0 saturated carbocycles. The van der Waals surface area contributed by atoms with Gasteiger partial charge in [-0.2, -0.15) is 0 Å². The summed E-state index contributed by atoms with van der Waals surface area (Å²) in [7, 11) is 0. The fourth-order valence-corrected chi connectivity index (χ4v) is 5.77. The van der Waals surface area contributed by atoms with E-state index in [1.54, 1.807) is 0 Å². The second-order valence-electron chi connectivity index (χ2n) is 11.6. The Morgan fingerprint density at radius 2 is 1.89 bits per heavy atom. The Labute approximate surface area is 224 Å². The Balaban J connectivity index is 1.58. The zero-order valence-electron chi connectivity index (χ0n) is 22.4. The summed E-state index contributed by atoms with van der Waals surface area (Å²) >= 11 is 6.69. The molecule has 1 spiro atoms.